The highest BCUT2D eigenvalue weighted by molar-refractivity contribution is 7.89. The highest BCUT2D eigenvalue weighted by atomic mass is 32.2. The molecule has 0 aliphatic carbocycles. The summed E-state index contributed by atoms with van der Waals surface area (Å²) >= 11 is 0. The molecule has 0 spiro atoms. The maximum absolute atomic E-state index is 12.4. The highest BCUT2D eigenvalue weighted by Crippen LogP contribution is 2.16. The first-order chi connectivity index (χ1) is 10.1. The van der Waals surface area contributed by atoms with Gasteiger partial charge in [-0.2, -0.15) is 4.31 Å². The van der Waals surface area contributed by atoms with Crippen LogP contribution in [0, 0.1) is 5.92 Å². The van der Waals surface area contributed by atoms with E-state index < -0.39 is 10.0 Å². The number of sulfonamides is 1. The minimum absolute atomic E-state index is 0.0149. The number of hydrogen-bond donors (Lipinski definition) is 1. The molecule has 0 aromatic heterocycles. The molecule has 5 nitrogen and oxygen atoms in total. The lowest BCUT2D eigenvalue weighted by molar-refractivity contribution is -0.121. The minimum Gasteiger partial charge on any atom is -0.353 e. The van der Waals surface area contributed by atoms with E-state index in [9.17, 15) is 13.2 Å². The predicted molar refractivity (Wildman–Crippen MR) is 88.1 cm³/mol. The van der Waals surface area contributed by atoms with E-state index in [0.717, 1.165) is 16.3 Å². The molecule has 0 saturated heterocycles. The fourth-order valence-electron chi connectivity index (χ4n) is 2.10. The smallest absolute Gasteiger partial charge is 0.243 e. The van der Waals surface area contributed by atoms with Crippen LogP contribution in [0.25, 0.3) is 0 Å². The molecule has 1 rings (SSSR count). The van der Waals surface area contributed by atoms with Gasteiger partial charge in [-0.25, -0.2) is 8.42 Å². The second kappa shape index (κ2) is 7.74. The van der Waals surface area contributed by atoms with E-state index in [1.807, 2.05) is 26.0 Å². The number of benzene rings is 1. The van der Waals surface area contributed by atoms with Gasteiger partial charge in [-0.3, -0.25) is 4.79 Å². The molecule has 0 bridgehead atoms. The van der Waals surface area contributed by atoms with Crippen LogP contribution >= 0.6 is 0 Å². The third-order valence-electron chi connectivity index (χ3n) is 3.09. The van der Waals surface area contributed by atoms with E-state index in [1.165, 1.54) is 7.05 Å². The Bertz CT molecular complexity index is 592. The van der Waals surface area contributed by atoms with E-state index in [4.69, 9.17) is 0 Å². The predicted octanol–water partition coefficient (Wildman–Crippen LogP) is 2.03. The van der Waals surface area contributed by atoms with E-state index in [-0.39, 0.29) is 23.4 Å². The summed E-state index contributed by atoms with van der Waals surface area (Å²) in [5.74, 6) is 0.211. The van der Waals surface area contributed by atoms with Gasteiger partial charge in [0.05, 0.1) is 11.4 Å². The van der Waals surface area contributed by atoms with Crippen LogP contribution in [0.15, 0.2) is 29.2 Å². The standard InChI is InChI=1S/C16H26N2O3S/c1-12(2)10-14-6-8-15(9-7-14)22(20,21)18(5)11-16(19)17-13(3)4/h6-9,12-13H,10-11H2,1-5H3,(H,17,19). The van der Waals surface area contributed by atoms with Crippen LogP contribution in [-0.4, -0.2) is 38.3 Å². The monoisotopic (exact) mass is 326 g/mol. The molecule has 0 atom stereocenters. The molecule has 0 unspecified atom stereocenters. The maximum atomic E-state index is 12.4. The summed E-state index contributed by atoms with van der Waals surface area (Å²) in [7, 11) is -2.23. The third-order valence-corrected chi connectivity index (χ3v) is 4.91. The van der Waals surface area contributed by atoms with Crippen molar-refractivity contribution in [2.24, 2.45) is 5.92 Å². The Kier molecular flexibility index (Phi) is 6.56. The van der Waals surface area contributed by atoms with E-state index >= 15 is 0 Å². The lowest BCUT2D eigenvalue weighted by atomic mass is 10.0. The zero-order valence-corrected chi connectivity index (χ0v) is 14.8. The summed E-state index contributed by atoms with van der Waals surface area (Å²) in [5, 5.41) is 2.68. The van der Waals surface area contributed by atoms with Crippen LogP contribution < -0.4 is 5.32 Å². The van der Waals surface area contributed by atoms with Crippen molar-refractivity contribution < 1.29 is 13.2 Å². The number of carbonyl (C=O) groups is 1. The molecular weight excluding hydrogens is 300 g/mol. The maximum Gasteiger partial charge on any atom is 0.243 e. The van der Waals surface area contributed by atoms with Crippen molar-refractivity contribution in [3.05, 3.63) is 29.8 Å². The molecule has 1 aromatic rings. The molecule has 0 fully saturated rings. The van der Waals surface area contributed by atoms with Crippen molar-refractivity contribution in [3.63, 3.8) is 0 Å². The molecule has 0 aliphatic rings. The van der Waals surface area contributed by atoms with Crippen molar-refractivity contribution in [1.29, 1.82) is 0 Å². The van der Waals surface area contributed by atoms with E-state index in [2.05, 4.69) is 19.2 Å². The summed E-state index contributed by atoms with van der Waals surface area (Å²) in [6.45, 7) is 7.71. The minimum atomic E-state index is -3.64. The first-order valence-corrected chi connectivity index (χ1v) is 8.91. The molecule has 0 saturated carbocycles. The van der Waals surface area contributed by atoms with Gasteiger partial charge < -0.3 is 5.32 Å². The van der Waals surface area contributed by atoms with Crippen LogP contribution in [0.3, 0.4) is 0 Å². The average molecular weight is 326 g/mol. The largest absolute Gasteiger partial charge is 0.353 e. The van der Waals surface area contributed by atoms with Crippen LogP contribution in [0.2, 0.25) is 0 Å². The molecule has 0 aliphatic heterocycles. The Labute approximate surface area is 133 Å². The molecule has 1 amide bonds. The third kappa shape index (κ3) is 5.42. The number of nitrogens with one attached hydrogen (secondary N) is 1. The van der Waals surface area contributed by atoms with Gasteiger partial charge >= 0.3 is 0 Å². The van der Waals surface area contributed by atoms with Crippen LogP contribution in [-0.2, 0) is 21.2 Å². The average Bonchev–Trinajstić information content (AvgIpc) is 2.37. The second-order valence-electron chi connectivity index (χ2n) is 6.23. The van der Waals surface area contributed by atoms with Crippen LogP contribution in [0.5, 0.6) is 0 Å². The Morgan fingerprint density at radius 2 is 1.68 bits per heavy atom. The quantitative estimate of drug-likeness (QED) is 0.834. The number of likely N-dealkylation sites (N-methyl/N-ethyl adjacent to an activating group) is 1. The Hall–Kier alpha value is -1.40. The molecule has 0 heterocycles. The van der Waals surface area contributed by atoms with Gasteiger partial charge in [0.25, 0.3) is 0 Å². The zero-order chi connectivity index (χ0) is 16.9. The van der Waals surface area contributed by atoms with Gasteiger partial charge in [0, 0.05) is 13.1 Å². The van der Waals surface area contributed by atoms with E-state index in [1.54, 1.807) is 12.1 Å². The second-order valence-corrected chi connectivity index (χ2v) is 8.27. The lowest BCUT2D eigenvalue weighted by Crippen LogP contribution is -2.40. The Morgan fingerprint density at radius 3 is 2.14 bits per heavy atom. The van der Waals surface area contributed by atoms with Crippen molar-refractivity contribution in [3.8, 4) is 0 Å². The summed E-state index contributed by atoms with van der Waals surface area (Å²) in [4.78, 5) is 11.9. The van der Waals surface area contributed by atoms with Gasteiger partial charge in [0.2, 0.25) is 15.9 Å². The fraction of sp³-hybridized carbons (Fsp3) is 0.562. The topological polar surface area (TPSA) is 66.5 Å². The first kappa shape index (κ1) is 18.6. The molecule has 22 heavy (non-hydrogen) atoms. The summed E-state index contributed by atoms with van der Waals surface area (Å²) in [5.41, 5.74) is 1.11. The SMILES string of the molecule is CC(C)Cc1ccc(S(=O)(=O)N(C)CC(=O)NC(C)C)cc1. The number of rotatable bonds is 7. The summed E-state index contributed by atoms with van der Waals surface area (Å²) < 4.78 is 25.9. The Balaban J connectivity index is 2.82. The first-order valence-electron chi connectivity index (χ1n) is 7.47. The number of amides is 1. The van der Waals surface area contributed by atoms with Gasteiger partial charge in [0.1, 0.15) is 0 Å². The fourth-order valence-corrected chi connectivity index (χ4v) is 3.23. The molecule has 1 aromatic carbocycles. The van der Waals surface area contributed by atoms with Crippen molar-refractivity contribution >= 4 is 15.9 Å². The van der Waals surface area contributed by atoms with Crippen molar-refractivity contribution in [2.45, 2.75) is 45.1 Å². The number of nitrogens with zero attached hydrogens (tertiary/aromatic N) is 1. The highest BCUT2D eigenvalue weighted by Gasteiger charge is 2.23. The number of carbonyl (C=O) groups excluding carboxylic acids is 1. The summed E-state index contributed by atoms with van der Waals surface area (Å²) in [6, 6.07) is 6.84. The van der Waals surface area contributed by atoms with Gasteiger partial charge in [-0.15, -0.1) is 0 Å². The number of hydrogen-bond acceptors (Lipinski definition) is 3. The molecule has 124 valence electrons. The van der Waals surface area contributed by atoms with Gasteiger partial charge in [-0.05, 0) is 43.9 Å². The van der Waals surface area contributed by atoms with E-state index in [0.29, 0.717) is 5.92 Å². The van der Waals surface area contributed by atoms with Crippen LogP contribution in [0.4, 0.5) is 0 Å². The lowest BCUT2D eigenvalue weighted by Gasteiger charge is -2.18. The van der Waals surface area contributed by atoms with Gasteiger partial charge in [-0.1, -0.05) is 26.0 Å². The van der Waals surface area contributed by atoms with Gasteiger partial charge in [0.15, 0.2) is 0 Å². The van der Waals surface area contributed by atoms with Crippen molar-refractivity contribution in [1.82, 2.24) is 9.62 Å². The molecule has 6 heteroatoms. The molecule has 0 radical (unpaired) electrons. The zero-order valence-electron chi connectivity index (χ0n) is 14.0. The molecule has 1 N–H and O–H groups in total. The normalized spacial score (nSPS) is 12.2. The van der Waals surface area contributed by atoms with Crippen molar-refractivity contribution in [2.75, 3.05) is 13.6 Å². The van der Waals surface area contributed by atoms with Crippen LogP contribution in [0.1, 0.15) is 33.3 Å². The Morgan fingerprint density at radius 1 is 1.14 bits per heavy atom. The molecular formula is C16H26N2O3S. The summed E-state index contributed by atoms with van der Waals surface area (Å²) in [6.07, 6.45) is 0.910.